The first-order valence-electron chi connectivity index (χ1n) is 3.78. The zero-order valence-corrected chi connectivity index (χ0v) is 8.04. The highest BCUT2D eigenvalue weighted by Gasteiger charge is 2.13. The van der Waals surface area contributed by atoms with Crippen molar-refractivity contribution in [3.8, 4) is 10.8 Å². The summed E-state index contributed by atoms with van der Waals surface area (Å²) in [5, 5.41) is 9.50. The highest BCUT2D eigenvalue weighted by Crippen LogP contribution is 2.24. The second-order valence-corrected chi connectivity index (χ2v) is 3.82. The minimum atomic E-state index is -1.10. The number of aromatic carboxylic acids is 1. The van der Waals surface area contributed by atoms with Crippen LogP contribution in [0, 0.1) is 6.92 Å². The average Bonchev–Trinajstić information content (AvgIpc) is 2.70. The number of carboxylic acid groups (broad SMARTS) is 1. The fraction of sp³-hybridized carbons (Fsp3) is 0.125. The minimum absolute atomic E-state index is 0.0916. The Morgan fingerprint density at radius 3 is 2.93 bits per heavy atom. The molecule has 0 spiro atoms. The lowest BCUT2D eigenvalue weighted by Gasteiger charge is -1.83. The molecular weight excluding hydrogens is 204 g/mol. The summed E-state index contributed by atoms with van der Waals surface area (Å²) in [5.41, 5.74) is -0.0916. The predicted octanol–water partition coefficient (Wildman–Crippen LogP) is 1.80. The summed E-state index contributed by atoms with van der Waals surface area (Å²) in [6.07, 6.45) is 2.73. The van der Waals surface area contributed by atoms with E-state index in [0.29, 0.717) is 5.89 Å². The summed E-state index contributed by atoms with van der Waals surface area (Å²) in [6.45, 7) is 1.86. The van der Waals surface area contributed by atoms with Crippen molar-refractivity contribution in [3.05, 3.63) is 23.2 Å². The number of nitrogens with zero attached hydrogens (tertiary/aromatic N) is 2. The maximum atomic E-state index is 10.5. The quantitative estimate of drug-likeness (QED) is 0.817. The van der Waals surface area contributed by atoms with Gasteiger partial charge in [0, 0.05) is 0 Å². The molecule has 5 nitrogen and oxygen atoms in total. The maximum Gasteiger partial charge on any atom is 0.357 e. The van der Waals surface area contributed by atoms with E-state index < -0.39 is 5.97 Å². The van der Waals surface area contributed by atoms with Gasteiger partial charge in [-0.3, -0.25) is 0 Å². The Morgan fingerprint density at radius 2 is 2.43 bits per heavy atom. The minimum Gasteiger partial charge on any atom is -0.476 e. The summed E-state index contributed by atoms with van der Waals surface area (Å²) in [7, 11) is 0. The van der Waals surface area contributed by atoms with Gasteiger partial charge in [-0.15, -0.1) is 11.3 Å². The molecule has 6 heteroatoms. The number of hydrogen-bond donors (Lipinski definition) is 1. The Kier molecular flexibility index (Phi) is 2.05. The molecule has 0 bridgehead atoms. The van der Waals surface area contributed by atoms with Crippen molar-refractivity contribution in [2.24, 2.45) is 0 Å². The summed E-state index contributed by atoms with van der Waals surface area (Å²) in [5.74, 6) is -0.797. The van der Waals surface area contributed by atoms with E-state index in [4.69, 9.17) is 9.52 Å². The number of rotatable bonds is 2. The van der Waals surface area contributed by atoms with E-state index in [-0.39, 0.29) is 5.69 Å². The molecule has 2 heterocycles. The Hall–Kier alpha value is -1.69. The van der Waals surface area contributed by atoms with E-state index in [2.05, 4.69) is 9.97 Å². The van der Waals surface area contributed by atoms with Crippen LogP contribution in [0.5, 0.6) is 0 Å². The van der Waals surface area contributed by atoms with E-state index in [0.717, 1.165) is 16.1 Å². The molecule has 0 amide bonds. The molecule has 0 aromatic carbocycles. The molecule has 0 unspecified atom stereocenters. The largest absolute Gasteiger partial charge is 0.476 e. The molecule has 14 heavy (non-hydrogen) atoms. The molecule has 0 saturated carbocycles. The van der Waals surface area contributed by atoms with Gasteiger partial charge in [-0.25, -0.2) is 14.8 Å². The van der Waals surface area contributed by atoms with Gasteiger partial charge in [-0.05, 0) is 6.92 Å². The lowest BCUT2D eigenvalue weighted by molar-refractivity contribution is 0.0690. The normalized spacial score (nSPS) is 10.4. The SMILES string of the molecule is Cc1ncc(-c2nc(C(=O)O)co2)s1. The van der Waals surface area contributed by atoms with Crippen LogP contribution in [0.4, 0.5) is 0 Å². The van der Waals surface area contributed by atoms with Crippen LogP contribution in [0.15, 0.2) is 16.9 Å². The number of aromatic nitrogens is 2. The van der Waals surface area contributed by atoms with Crippen LogP contribution in [-0.4, -0.2) is 21.0 Å². The van der Waals surface area contributed by atoms with Gasteiger partial charge in [0.05, 0.1) is 11.2 Å². The Balaban J connectivity index is 2.38. The number of thiazole rings is 1. The molecule has 72 valence electrons. The van der Waals surface area contributed by atoms with Crippen LogP contribution in [0.1, 0.15) is 15.5 Å². The first-order chi connectivity index (χ1) is 6.66. The zero-order chi connectivity index (χ0) is 10.1. The number of carboxylic acids is 1. The van der Waals surface area contributed by atoms with Crippen molar-refractivity contribution in [3.63, 3.8) is 0 Å². The molecule has 0 aliphatic rings. The second-order valence-electron chi connectivity index (χ2n) is 2.59. The van der Waals surface area contributed by atoms with Crippen LogP contribution < -0.4 is 0 Å². The summed E-state index contributed by atoms with van der Waals surface area (Å²) >= 11 is 1.41. The molecule has 1 N–H and O–H groups in total. The summed E-state index contributed by atoms with van der Waals surface area (Å²) in [4.78, 5) is 19.1. The van der Waals surface area contributed by atoms with E-state index in [1.54, 1.807) is 6.20 Å². The fourth-order valence-electron chi connectivity index (χ4n) is 0.945. The van der Waals surface area contributed by atoms with Crippen LogP contribution >= 0.6 is 11.3 Å². The number of aryl methyl sites for hydroxylation is 1. The highest BCUT2D eigenvalue weighted by molar-refractivity contribution is 7.14. The first-order valence-corrected chi connectivity index (χ1v) is 4.60. The van der Waals surface area contributed by atoms with E-state index in [9.17, 15) is 4.79 Å². The number of hydrogen-bond acceptors (Lipinski definition) is 5. The lowest BCUT2D eigenvalue weighted by atomic mass is 10.5. The van der Waals surface area contributed by atoms with Crippen LogP contribution in [0.2, 0.25) is 0 Å². The van der Waals surface area contributed by atoms with E-state index in [1.165, 1.54) is 11.3 Å². The van der Waals surface area contributed by atoms with Crippen molar-refractivity contribution >= 4 is 17.3 Å². The monoisotopic (exact) mass is 210 g/mol. The van der Waals surface area contributed by atoms with Crippen molar-refractivity contribution in [1.29, 1.82) is 0 Å². The van der Waals surface area contributed by atoms with Gasteiger partial charge in [-0.2, -0.15) is 0 Å². The summed E-state index contributed by atoms with van der Waals surface area (Å²) < 4.78 is 5.00. The van der Waals surface area contributed by atoms with Gasteiger partial charge < -0.3 is 9.52 Å². The maximum absolute atomic E-state index is 10.5. The van der Waals surface area contributed by atoms with Crippen molar-refractivity contribution < 1.29 is 14.3 Å². The van der Waals surface area contributed by atoms with Gasteiger partial charge in [0.25, 0.3) is 0 Å². The molecule has 2 aromatic rings. The first kappa shape index (κ1) is 8.89. The number of oxazole rings is 1. The Bertz CT molecular complexity index is 474. The van der Waals surface area contributed by atoms with E-state index in [1.807, 2.05) is 6.92 Å². The van der Waals surface area contributed by atoms with Crippen LogP contribution in [0.3, 0.4) is 0 Å². The molecule has 0 fully saturated rings. The van der Waals surface area contributed by atoms with Crippen LogP contribution in [-0.2, 0) is 0 Å². The molecule has 0 radical (unpaired) electrons. The van der Waals surface area contributed by atoms with E-state index >= 15 is 0 Å². The van der Waals surface area contributed by atoms with Gasteiger partial charge in [-0.1, -0.05) is 0 Å². The standard InChI is InChI=1S/C8H6N2O3S/c1-4-9-2-6(14-4)7-10-5(3-13-7)8(11)12/h2-3H,1H3,(H,11,12). The zero-order valence-electron chi connectivity index (χ0n) is 7.22. The van der Waals surface area contributed by atoms with Gasteiger partial charge >= 0.3 is 5.97 Å². The molecule has 2 aromatic heterocycles. The third-order valence-corrected chi connectivity index (χ3v) is 2.46. The topological polar surface area (TPSA) is 76.2 Å². The summed E-state index contributed by atoms with van der Waals surface area (Å²) in [6, 6.07) is 0. The lowest BCUT2D eigenvalue weighted by Crippen LogP contribution is -1.95. The number of carbonyl (C=O) groups is 1. The molecule has 0 saturated heterocycles. The average molecular weight is 210 g/mol. The Labute approximate surface area is 83.0 Å². The van der Waals surface area contributed by atoms with Crippen molar-refractivity contribution in [1.82, 2.24) is 9.97 Å². The smallest absolute Gasteiger partial charge is 0.357 e. The van der Waals surface area contributed by atoms with Crippen molar-refractivity contribution in [2.75, 3.05) is 0 Å². The molecule has 0 atom stereocenters. The Morgan fingerprint density at radius 1 is 1.64 bits per heavy atom. The highest BCUT2D eigenvalue weighted by atomic mass is 32.1. The molecule has 0 aliphatic carbocycles. The van der Waals surface area contributed by atoms with Crippen LogP contribution in [0.25, 0.3) is 10.8 Å². The third-order valence-electron chi connectivity index (χ3n) is 1.56. The fourth-order valence-corrected chi connectivity index (χ4v) is 1.66. The second kappa shape index (κ2) is 3.22. The third kappa shape index (κ3) is 1.51. The van der Waals surface area contributed by atoms with Gasteiger partial charge in [0.15, 0.2) is 5.69 Å². The molecule has 2 rings (SSSR count). The molecular formula is C8H6N2O3S. The molecule has 0 aliphatic heterocycles. The predicted molar refractivity (Wildman–Crippen MR) is 49.3 cm³/mol. The van der Waals surface area contributed by atoms with Crippen molar-refractivity contribution in [2.45, 2.75) is 6.92 Å². The van der Waals surface area contributed by atoms with Gasteiger partial charge in [0.2, 0.25) is 5.89 Å². The van der Waals surface area contributed by atoms with Gasteiger partial charge in [0.1, 0.15) is 11.1 Å².